The predicted molar refractivity (Wildman–Crippen MR) is 105 cm³/mol. The van der Waals surface area contributed by atoms with Crippen molar-refractivity contribution in [2.75, 3.05) is 12.4 Å². The number of oxazole rings is 1. The van der Waals surface area contributed by atoms with Crippen LogP contribution in [0, 0.1) is 5.82 Å². The van der Waals surface area contributed by atoms with Gasteiger partial charge in [-0.05, 0) is 54.6 Å². The van der Waals surface area contributed by atoms with Gasteiger partial charge in [-0.1, -0.05) is 17.7 Å². The van der Waals surface area contributed by atoms with Gasteiger partial charge in [0.25, 0.3) is 5.91 Å². The highest BCUT2D eigenvalue weighted by atomic mass is 35.5. The van der Waals surface area contributed by atoms with Gasteiger partial charge in [-0.2, -0.15) is 0 Å². The zero-order valence-corrected chi connectivity index (χ0v) is 15.5. The molecule has 140 valence electrons. The molecule has 1 aromatic heterocycles. The average Bonchev–Trinajstić information content (AvgIpc) is 3.11. The molecule has 1 amide bonds. The molecule has 0 radical (unpaired) electrons. The van der Waals surface area contributed by atoms with Crippen LogP contribution in [0.3, 0.4) is 0 Å². The molecule has 0 atom stereocenters. The molecule has 5 nitrogen and oxygen atoms in total. The molecular formula is C21H14ClFN2O3. The van der Waals surface area contributed by atoms with Crippen molar-refractivity contribution in [3.05, 3.63) is 77.1 Å². The molecule has 1 heterocycles. The molecule has 0 aliphatic heterocycles. The lowest BCUT2D eigenvalue weighted by molar-refractivity contribution is 0.102. The molecule has 0 spiro atoms. The Morgan fingerprint density at radius 1 is 1.14 bits per heavy atom. The fourth-order valence-electron chi connectivity index (χ4n) is 2.75. The second kappa shape index (κ2) is 7.32. The number of nitrogens with one attached hydrogen (secondary N) is 1. The molecule has 0 aliphatic rings. The highest BCUT2D eigenvalue weighted by Crippen LogP contribution is 2.31. The highest BCUT2D eigenvalue weighted by Gasteiger charge is 2.14. The number of carbonyl (C=O) groups excluding carboxylic acids is 1. The Morgan fingerprint density at radius 2 is 2.00 bits per heavy atom. The van der Waals surface area contributed by atoms with E-state index in [2.05, 4.69) is 10.3 Å². The Kier molecular flexibility index (Phi) is 4.71. The summed E-state index contributed by atoms with van der Waals surface area (Å²) in [5, 5.41) is 3.02. The lowest BCUT2D eigenvalue weighted by Gasteiger charge is -2.06. The summed E-state index contributed by atoms with van der Waals surface area (Å²) in [7, 11) is 1.54. The molecule has 0 unspecified atom stereocenters. The fourth-order valence-corrected chi connectivity index (χ4v) is 3.00. The Morgan fingerprint density at radius 3 is 2.79 bits per heavy atom. The van der Waals surface area contributed by atoms with Crippen molar-refractivity contribution in [2.45, 2.75) is 0 Å². The molecule has 0 aliphatic carbocycles. The van der Waals surface area contributed by atoms with Crippen LogP contribution in [-0.4, -0.2) is 18.0 Å². The summed E-state index contributed by atoms with van der Waals surface area (Å²) in [6.45, 7) is 0. The summed E-state index contributed by atoms with van der Waals surface area (Å²) in [4.78, 5) is 16.9. The Hall–Kier alpha value is -3.38. The van der Waals surface area contributed by atoms with E-state index in [0.29, 0.717) is 33.7 Å². The molecule has 3 aromatic carbocycles. The maximum atomic E-state index is 13.2. The first-order valence-electron chi connectivity index (χ1n) is 8.35. The number of ether oxygens (including phenoxy) is 1. The third-order valence-corrected chi connectivity index (χ3v) is 4.45. The molecule has 28 heavy (non-hydrogen) atoms. The number of carbonyl (C=O) groups is 1. The summed E-state index contributed by atoms with van der Waals surface area (Å²) in [5.74, 6) is 0.160. The third-order valence-electron chi connectivity index (χ3n) is 4.14. The van der Waals surface area contributed by atoms with Crippen LogP contribution in [0.25, 0.3) is 22.6 Å². The zero-order chi connectivity index (χ0) is 19.7. The summed E-state index contributed by atoms with van der Waals surface area (Å²) < 4.78 is 24.1. The van der Waals surface area contributed by atoms with Crippen LogP contribution in [0.1, 0.15) is 10.4 Å². The van der Waals surface area contributed by atoms with E-state index in [1.165, 1.54) is 18.2 Å². The Labute approximate surface area is 164 Å². The minimum Gasteiger partial charge on any atom is -0.497 e. The fraction of sp³-hybridized carbons (Fsp3) is 0.0476. The van der Waals surface area contributed by atoms with E-state index in [9.17, 15) is 9.18 Å². The summed E-state index contributed by atoms with van der Waals surface area (Å²) >= 11 is 6.08. The monoisotopic (exact) mass is 396 g/mol. The number of anilines is 1. The second-order valence-corrected chi connectivity index (χ2v) is 6.42. The minimum absolute atomic E-state index is 0.207. The molecular weight excluding hydrogens is 383 g/mol. The van der Waals surface area contributed by atoms with Crippen LogP contribution < -0.4 is 10.1 Å². The summed E-state index contributed by atoms with van der Waals surface area (Å²) in [5.41, 5.74) is 2.58. The van der Waals surface area contributed by atoms with E-state index in [1.807, 2.05) is 0 Å². The van der Waals surface area contributed by atoms with Gasteiger partial charge in [0.2, 0.25) is 5.89 Å². The standard InChI is InChI=1S/C21H14ClFN2O3/c1-27-15-4-2-3-12(9-15)20(26)24-14-6-8-19-18(11-14)25-21(28-19)16-7-5-13(23)10-17(16)22/h2-11H,1H3,(H,24,26). The molecule has 0 bridgehead atoms. The predicted octanol–water partition coefficient (Wildman–Crippen LogP) is 5.55. The third kappa shape index (κ3) is 3.54. The van der Waals surface area contributed by atoms with Gasteiger partial charge < -0.3 is 14.5 Å². The van der Waals surface area contributed by atoms with Gasteiger partial charge in [0.15, 0.2) is 5.58 Å². The average molecular weight is 397 g/mol. The lowest BCUT2D eigenvalue weighted by Crippen LogP contribution is -2.11. The molecule has 7 heteroatoms. The van der Waals surface area contributed by atoms with E-state index in [-0.39, 0.29) is 16.8 Å². The number of hydrogen-bond acceptors (Lipinski definition) is 4. The summed E-state index contributed by atoms with van der Waals surface area (Å²) in [6, 6.07) is 16.0. The number of amides is 1. The SMILES string of the molecule is COc1cccc(C(=O)Nc2ccc3oc(-c4ccc(F)cc4Cl)nc3c2)c1. The number of halogens is 2. The topological polar surface area (TPSA) is 64.4 Å². The van der Waals surface area contributed by atoms with Crippen LogP contribution in [0.2, 0.25) is 5.02 Å². The molecule has 1 N–H and O–H groups in total. The van der Waals surface area contributed by atoms with Gasteiger partial charge in [-0.15, -0.1) is 0 Å². The van der Waals surface area contributed by atoms with Gasteiger partial charge in [0, 0.05) is 11.3 Å². The minimum atomic E-state index is -0.438. The maximum absolute atomic E-state index is 13.2. The van der Waals surface area contributed by atoms with Crippen LogP contribution in [0.5, 0.6) is 5.75 Å². The first-order valence-corrected chi connectivity index (χ1v) is 8.73. The van der Waals surface area contributed by atoms with E-state index < -0.39 is 5.82 Å². The van der Waals surface area contributed by atoms with Crippen molar-refractivity contribution >= 4 is 34.3 Å². The van der Waals surface area contributed by atoms with Crippen molar-refractivity contribution in [3.63, 3.8) is 0 Å². The van der Waals surface area contributed by atoms with Crippen LogP contribution in [0.15, 0.2) is 65.1 Å². The number of nitrogens with zero attached hydrogens (tertiary/aromatic N) is 1. The largest absolute Gasteiger partial charge is 0.497 e. The van der Waals surface area contributed by atoms with Gasteiger partial charge in [0.05, 0.1) is 17.7 Å². The quantitative estimate of drug-likeness (QED) is 0.491. The molecule has 4 aromatic rings. The van der Waals surface area contributed by atoms with Crippen LogP contribution in [-0.2, 0) is 0 Å². The van der Waals surface area contributed by atoms with Crippen molar-refractivity contribution in [1.29, 1.82) is 0 Å². The van der Waals surface area contributed by atoms with Crippen LogP contribution in [0.4, 0.5) is 10.1 Å². The maximum Gasteiger partial charge on any atom is 0.255 e. The molecule has 0 saturated carbocycles. The highest BCUT2D eigenvalue weighted by molar-refractivity contribution is 6.33. The second-order valence-electron chi connectivity index (χ2n) is 6.01. The van der Waals surface area contributed by atoms with Crippen LogP contribution >= 0.6 is 11.6 Å². The zero-order valence-electron chi connectivity index (χ0n) is 14.7. The number of benzene rings is 3. The van der Waals surface area contributed by atoms with Crippen molar-refractivity contribution in [1.82, 2.24) is 4.98 Å². The first-order chi connectivity index (χ1) is 13.5. The number of aromatic nitrogens is 1. The smallest absolute Gasteiger partial charge is 0.255 e. The van der Waals surface area contributed by atoms with E-state index in [1.54, 1.807) is 49.6 Å². The Bertz CT molecular complexity index is 1190. The van der Waals surface area contributed by atoms with E-state index in [0.717, 1.165) is 0 Å². The van der Waals surface area contributed by atoms with Gasteiger partial charge >= 0.3 is 0 Å². The van der Waals surface area contributed by atoms with Crippen molar-refractivity contribution < 1.29 is 18.3 Å². The lowest BCUT2D eigenvalue weighted by atomic mass is 10.2. The number of hydrogen-bond donors (Lipinski definition) is 1. The number of fused-ring (bicyclic) bond motifs is 1. The Balaban J connectivity index is 1.62. The van der Waals surface area contributed by atoms with E-state index >= 15 is 0 Å². The first kappa shape index (κ1) is 18.0. The molecule has 0 saturated heterocycles. The summed E-state index contributed by atoms with van der Waals surface area (Å²) in [6.07, 6.45) is 0. The number of methoxy groups -OCH3 is 1. The normalized spacial score (nSPS) is 10.8. The van der Waals surface area contributed by atoms with E-state index in [4.69, 9.17) is 20.8 Å². The van der Waals surface area contributed by atoms with Gasteiger partial charge in [0.1, 0.15) is 17.1 Å². The van der Waals surface area contributed by atoms with Crippen molar-refractivity contribution in [2.24, 2.45) is 0 Å². The van der Waals surface area contributed by atoms with Crippen molar-refractivity contribution in [3.8, 4) is 17.2 Å². The molecule has 4 rings (SSSR count). The molecule has 0 fully saturated rings. The number of rotatable bonds is 4. The van der Waals surface area contributed by atoms with Gasteiger partial charge in [-0.25, -0.2) is 9.37 Å². The van der Waals surface area contributed by atoms with Gasteiger partial charge in [-0.3, -0.25) is 4.79 Å².